The van der Waals surface area contributed by atoms with Gasteiger partial charge in [0, 0.05) is 12.4 Å². The molecular weight excluding hydrogens is 362 g/mol. The molecule has 3 atom stereocenters. The van der Waals surface area contributed by atoms with Crippen LogP contribution in [0.25, 0.3) is 11.6 Å². The number of rotatable bonds is 8. The van der Waals surface area contributed by atoms with Gasteiger partial charge in [-0.1, -0.05) is 0 Å². The van der Waals surface area contributed by atoms with Gasteiger partial charge in [0.1, 0.15) is 11.7 Å². The van der Waals surface area contributed by atoms with E-state index in [1.54, 1.807) is 0 Å². The molecule has 27 heavy (non-hydrogen) atoms. The van der Waals surface area contributed by atoms with Gasteiger partial charge < -0.3 is 31.0 Å². The molecule has 2 aromatic rings. The van der Waals surface area contributed by atoms with Crippen LogP contribution in [-0.4, -0.2) is 60.4 Å². The molecule has 0 spiro atoms. The third-order valence-electron chi connectivity index (χ3n) is 3.27. The molecule has 13 nitrogen and oxygen atoms in total. The number of aliphatic hydroxyl groups is 1. The van der Waals surface area contributed by atoms with Gasteiger partial charge in [-0.3, -0.25) is 9.78 Å². The summed E-state index contributed by atoms with van der Waals surface area (Å²) >= 11 is 0. The second kappa shape index (κ2) is 8.66. The quantitative estimate of drug-likeness (QED) is 0.361. The Morgan fingerprint density at radius 1 is 1.26 bits per heavy atom. The van der Waals surface area contributed by atoms with Crippen LogP contribution in [0.5, 0.6) is 0 Å². The maximum atomic E-state index is 12.0. The lowest BCUT2D eigenvalue weighted by Crippen LogP contribution is -2.52. The highest BCUT2D eigenvalue weighted by Gasteiger charge is 2.28. The average molecular weight is 379 g/mol. The minimum Gasteiger partial charge on any atom is -0.480 e. The summed E-state index contributed by atoms with van der Waals surface area (Å²) < 4.78 is 5.39. The van der Waals surface area contributed by atoms with E-state index in [9.17, 15) is 19.5 Å². The van der Waals surface area contributed by atoms with E-state index in [0.29, 0.717) is 0 Å². The Kier molecular flexibility index (Phi) is 6.32. The minimum atomic E-state index is -1.56. The molecule has 2 heterocycles. The lowest BCUT2D eigenvalue weighted by molar-refractivity contribution is -0.141. The van der Waals surface area contributed by atoms with Gasteiger partial charge in [-0.2, -0.15) is 0 Å². The van der Waals surface area contributed by atoms with Crippen molar-refractivity contribution in [1.29, 1.82) is 0 Å². The van der Waals surface area contributed by atoms with Crippen molar-refractivity contribution >= 4 is 17.9 Å². The van der Waals surface area contributed by atoms with Gasteiger partial charge in [0.25, 0.3) is 5.89 Å². The van der Waals surface area contributed by atoms with E-state index in [1.165, 1.54) is 25.5 Å². The lowest BCUT2D eigenvalue weighted by atomic mass is 10.2. The molecule has 13 heteroatoms. The van der Waals surface area contributed by atoms with E-state index in [4.69, 9.17) is 15.3 Å². The van der Waals surface area contributed by atoms with E-state index >= 15 is 0 Å². The Balaban J connectivity index is 2.16. The fourth-order valence-corrected chi connectivity index (χ4v) is 2.02. The summed E-state index contributed by atoms with van der Waals surface area (Å²) in [5.74, 6) is -2.35. The van der Waals surface area contributed by atoms with Crippen molar-refractivity contribution in [3.05, 3.63) is 24.5 Å². The van der Waals surface area contributed by atoms with Crippen molar-refractivity contribution < 1.29 is 29.0 Å². The number of carbonyl (C=O) groups excluding carboxylic acids is 2. The van der Waals surface area contributed by atoms with Crippen LogP contribution < -0.4 is 16.4 Å². The Morgan fingerprint density at radius 2 is 2.00 bits per heavy atom. The van der Waals surface area contributed by atoms with Crippen molar-refractivity contribution in [2.75, 3.05) is 0 Å². The highest BCUT2D eigenvalue weighted by Crippen LogP contribution is 2.20. The molecule has 0 aliphatic carbocycles. The number of primary amides is 1. The zero-order valence-corrected chi connectivity index (χ0v) is 14.1. The van der Waals surface area contributed by atoms with Crippen molar-refractivity contribution in [3.8, 4) is 11.6 Å². The minimum absolute atomic E-state index is 0.00201. The van der Waals surface area contributed by atoms with Crippen LogP contribution in [0.2, 0.25) is 0 Å². The first kappa shape index (κ1) is 19.7. The van der Waals surface area contributed by atoms with Crippen LogP contribution >= 0.6 is 0 Å². The molecule has 0 fully saturated rings. The summed E-state index contributed by atoms with van der Waals surface area (Å²) in [6.45, 7) is 1.20. The summed E-state index contributed by atoms with van der Waals surface area (Å²) in [5, 5.41) is 30.3. The Morgan fingerprint density at radius 3 is 2.56 bits per heavy atom. The number of nitrogens with one attached hydrogen (secondary N) is 2. The maximum Gasteiger partial charge on any atom is 0.328 e. The SMILES string of the molecule is CC(O)C(NC(=O)NC(CC(N)=O)c1nnc(-c2cnccn2)o1)C(=O)O. The molecule has 2 rings (SSSR count). The zero-order chi connectivity index (χ0) is 20.0. The molecule has 6 N–H and O–H groups in total. The van der Waals surface area contributed by atoms with Crippen LogP contribution in [0.15, 0.2) is 23.0 Å². The summed E-state index contributed by atoms with van der Waals surface area (Å²) in [4.78, 5) is 42.2. The number of nitrogens with two attached hydrogens (primary N) is 1. The van der Waals surface area contributed by atoms with Gasteiger partial charge in [0.2, 0.25) is 11.8 Å². The molecule has 0 radical (unpaired) electrons. The van der Waals surface area contributed by atoms with Crippen LogP contribution in [-0.2, 0) is 9.59 Å². The van der Waals surface area contributed by atoms with Crippen molar-refractivity contribution in [3.63, 3.8) is 0 Å². The fraction of sp³-hybridized carbons (Fsp3) is 0.357. The molecule has 3 unspecified atom stereocenters. The Bertz CT molecular complexity index is 809. The third-order valence-corrected chi connectivity index (χ3v) is 3.27. The molecule has 3 amide bonds. The molecule has 0 saturated heterocycles. The average Bonchev–Trinajstić information content (AvgIpc) is 3.09. The summed E-state index contributed by atoms with van der Waals surface area (Å²) in [7, 11) is 0. The first-order valence-corrected chi connectivity index (χ1v) is 7.64. The predicted octanol–water partition coefficient (Wildman–Crippen LogP) is -1.42. The number of hydrogen-bond acceptors (Lipinski definition) is 9. The number of urea groups is 1. The Labute approximate surface area is 152 Å². The highest BCUT2D eigenvalue weighted by molar-refractivity contribution is 5.83. The Hall–Kier alpha value is -3.61. The molecule has 0 saturated carbocycles. The number of amides is 3. The summed E-state index contributed by atoms with van der Waals surface area (Å²) in [6.07, 6.45) is 2.49. The highest BCUT2D eigenvalue weighted by atomic mass is 16.4. The molecule has 0 aliphatic heterocycles. The number of carboxylic acids is 1. The number of nitrogens with zero attached hydrogens (tertiary/aromatic N) is 4. The van der Waals surface area contributed by atoms with Crippen LogP contribution in [0.4, 0.5) is 4.79 Å². The summed E-state index contributed by atoms with van der Waals surface area (Å²) in [5.41, 5.74) is 5.44. The monoisotopic (exact) mass is 379 g/mol. The van der Waals surface area contributed by atoms with Gasteiger partial charge in [0.05, 0.1) is 18.7 Å². The van der Waals surface area contributed by atoms with Gasteiger partial charge in [-0.25, -0.2) is 14.6 Å². The molecule has 144 valence electrons. The van der Waals surface area contributed by atoms with Crippen LogP contribution in [0.1, 0.15) is 25.3 Å². The van der Waals surface area contributed by atoms with E-state index in [1.807, 2.05) is 0 Å². The normalized spacial score (nSPS) is 14.0. The van der Waals surface area contributed by atoms with Crippen molar-refractivity contribution in [2.45, 2.75) is 31.5 Å². The molecular formula is C14H17N7O6. The molecule has 0 bridgehead atoms. The second-order valence-corrected chi connectivity index (χ2v) is 5.43. The zero-order valence-electron chi connectivity index (χ0n) is 14.1. The first-order chi connectivity index (χ1) is 12.8. The van der Waals surface area contributed by atoms with Gasteiger partial charge >= 0.3 is 12.0 Å². The molecule has 0 aliphatic rings. The smallest absolute Gasteiger partial charge is 0.328 e. The second-order valence-electron chi connectivity index (χ2n) is 5.43. The maximum absolute atomic E-state index is 12.0. The molecule has 0 aromatic carbocycles. The molecule has 2 aromatic heterocycles. The number of carbonyl (C=O) groups is 3. The van der Waals surface area contributed by atoms with Gasteiger partial charge in [-0.05, 0) is 6.92 Å². The van der Waals surface area contributed by atoms with Crippen LogP contribution in [0, 0.1) is 0 Å². The number of aliphatic carboxylic acids is 1. The fourth-order valence-electron chi connectivity index (χ4n) is 2.02. The van der Waals surface area contributed by atoms with Crippen LogP contribution in [0.3, 0.4) is 0 Å². The predicted molar refractivity (Wildman–Crippen MR) is 86.6 cm³/mol. The number of hydrogen-bond donors (Lipinski definition) is 5. The van der Waals surface area contributed by atoms with Gasteiger partial charge in [-0.15, -0.1) is 10.2 Å². The largest absolute Gasteiger partial charge is 0.480 e. The van der Waals surface area contributed by atoms with Crippen molar-refractivity contribution in [1.82, 2.24) is 30.8 Å². The van der Waals surface area contributed by atoms with E-state index in [2.05, 4.69) is 30.8 Å². The lowest BCUT2D eigenvalue weighted by Gasteiger charge is -2.19. The number of carboxylic acid groups (broad SMARTS) is 1. The van der Waals surface area contributed by atoms with Crippen molar-refractivity contribution in [2.24, 2.45) is 5.73 Å². The number of aliphatic hydroxyl groups excluding tert-OH is 1. The topological polar surface area (TPSA) is 206 Å². The third kappa shape index (κ3) is 5.43. The summed E-state index contributed by atoms with van der Waals surface area (Å²) in [6, 6.07) is -3.66. The van der Waals surface area contributed by atoms with E-state index < -0.39 is 36.1 Å². The van der Waals surface area contributed by atoms with E-state index in [-0.39, 0.29) is 23.9 Å². The number of aromatic nitrogens is 4. The standard InChI is InChI=1S/C14H17N7O6/c1-6(22)10(13(24)25)19-14(26)18-7(4-9(15)23)11-20-21-12(27-11)8-5-16-2-3-17-8/h2-3,5-7,10,22H,4H2,1H3,(H2,15,23)(H,24,25)(H2,18,19,26). The van der Waals surface area contributed by atoms with E-state index in [0.717, 1.165) is 0 Å². The first-order valence-electron chi connectivity index (χ1n) is 7.64. The van der Waals surface area contributed by atoms with Gasteiger partial charge in [0.15, 0.2) is 6.04 Å².